The maximum atomic E-state index is 12.0. The van der Waals surface area contributed by atoms with Gasteiger partial charge in [0, 0.05) is 17.5 Å². The monoisotopic (exact) mass is 262 g/mol. The van der Waals surface area contributed by atoms with E-state index in [1.807, 2.05) is 30.3 Å². The van der Waals surface area contributed by atoms with Crippen molar-refractivity contribution in [2.75, 3.05) is 25.0 Å². The summed E-state index contributed by atoms with van der Waals surface area (Å²) in [6.45, 7) is 3.53. The second-order valence-electron chi connectivity index (χ2n) is 5.07. The molecule has 4 rings (SSSR count). The summed E-state index contributed by atoms with van der Waals surface area (Å²) >= 11 is 1.49. The van der Waals surface area contributed by atoms with Gasteiger partial charge in [-0.2, -0.15) is 0 Å². The predicted octanol–water partition coefficient (Wildman–Crippen LogP) is 3.05. The van der Waals surface area contributed by atoms with Gasteiger partial charge in [-0.3, -0.25) is 4.79 Å². The van der Waals surface area contributed by atoms with Crippen LogP contribution in [0.5, 0.6) is 0 Å². The van der Waals surface area contributed by atoms with Gasteiger partial charge < -0.3 is 10.2 Å². The standard InChI is InChI=1S/C14H18N2OS/c17-14(15-12-4-2-1-3-5-12)18-13-10-16-8-6-11(13)7-9-16/h1-5,11,13H,6-10H2,(H,15,17). The van der Waals surface area contributed by atoms with Crippen LogP contribution in [0.25, 0.3) is 0 Å². The number of fused-ring (bicyclic) bond motifs is 3. The first kappa shape index (κ1) is 12.1. The molecule has 2 bridgehead atoms. The normalized spacial score (nSPS) is 30.1. The van der Waals surface area contributed by atoms with Crippen molar-refractivity contribution in [3.8, 4) is 0 Å². The van der Waals surface area contributed by atoms with Gasteiger partial charge in [0.15, 0.2) is 0 Å². The molecule has 0 aliphatic carbocycles. The minimum Gasteiger partial charge on any atom is -0.317 e. The number of anilines is 1. The lowest BCUT2D eigenvalue weighted by Gasteiger charge is -2.44. The molecule has 1 N–H and O–H groups in total. The van der Waals surface area contributed by atoms with Gasteiger partial charge in [-0.05, 0) is 44.0 Å². The Kier molecular flexibility index (Phi) is 3.57. The molecule has 3 aliphatic rings. The fourth-order valence-electron chi connectivity index (χ4n) is 2.85. The van der Waals surface area contributed by atoms with E-state index in [9.17, 15) is 4.79 Å². The number of nitrogens with one attached hydrogen (secondary N) is 1. The number of rotatable bonds is 2. The van der Waals surface area contributed by atoms with Gasteiger partial charge in [0.25, 0.3) is 5.24 Å². The van der Waals surface area contributed by atoms with Crippen LogP contribution in [0.15, 0.2) is 30.3 Å². The number of para-hydroxylation sites is 1. The van der Waals surface area contributed by atoms with Crippen molar-refractivity contribution < 1.29 is 4.79 Å². The first-order valence-corrected chi connectivity index (χ1v) is 7.44. The summed E-state index contributed by atoms with van der Waals surface area (Å²) in [5.74, 6) is 0.738. The Morgan fingerprint density at radius 2 is 1.94 bits per heavy atom. The minimum absolute atomic E-state index is 0.0833. The Morgan fingerprint density at radius 1 is 1.22 bits per heavy atom. The van der Waals surface area contributed by atoms with Gasteiger partial charge in [-0.15, -0.1) is 0 Å². The van der Waals surface area contributed by atoms with Gasteiger partial charge in [0.05, 0.1) is 0 Å². The fraction of sp³-hybridized carbons (Fsp3) is 0.500. The molecule has 1 atom stereocenters. The maximum Gasteiger partial charge on any atom is 0.283 e. The maximum absolute atomic E-state index is 12.0. The predicted molar refractivity (Wildman–Crippen MR) is 76.0 cm³/mol. The molecule has 96 valence electrons. The summed E-state index contributed by atoms with van der Waals surface area (Å²) in [4.78, 5) is 14.5. The molecule has 1 aromatic rings. The van der Waals surface area contributed by atoms with Gasteiger partial charge in [-0.25, -0.2) is 0 Å². The molecule has 3 nitrogen and oxygen atoms in total. The number of piperidine rings is 3. The highest BCUT2D eigenvalue weighted by Gasteiger charge is 2.35. The second-order valence-corrected chi connectivity index (χ2v) is 6.28. The van der Waals surface area contributed by atoms with Gasteiger partial charge in [-0.1, -0.05) is 30.0 Å². The minimum atomic E-state index is 0.0833. The van der Waals surface area contributed by atoms with Crippen LogP contribution >= 0.6 is 11.8 Å². The largest absolute Gasteiger partial charge is 0.317 e. The van der Waals surface area contributed by atoms with Gasteiger partial charge in [0.1, 0.15) is 0 Å². The summed E-state index contributed by atoms with van der Waals surface area (Å²) in [6, 6.07) is 9.68. The lowest BCUT2D eigenvalue weighted by Crippen LogP contribution is -2.49. The van der Waals surface area contributed by atoms with E-state index in [-0.39, 0.29) is 5.24 Å². The van der Waals surface area contributed by atoms with E-state index in [1.54, 1.807) is 0 Å². The van der Waals surface area contributed by atoms with Crippen molar-refractivity contribution in [2.45, 2.75) is 18.1 Å². The lowest BCUT2D eigenvalue weighted by atomic mass is 9.88. The van der Waals surface area contributed by atoms with E-state index in [0.717, 1.165) is 18.2 Å². The Morgan fingerprint density at radius 3 is 2.56 bits per heavy atom. The number of amides is 1. The van der Waals surface area contributed by atoms with Crippen molar-refractivity contribution in [3.05, 3.63) is 30.3 Å². The third-order valence-electron chi connectivity index (χ3n) is 3.87. The number of carbonyl (C=O) groups excluding carboxylic acids is 1. The molecular formula is C14H18N2OS. The lowest BCUT2D eigenvalue weighted by molar-refractivity contribution is 0.118. The SMILES string of the molecule is O=C(Nc1ccccc1)SC1CN2CCC1CC2. The fourth-order valence-corrected chi connectivity index (χ4v) is 4.05. The zero-order chi connectivity index (χ0) is 12.4. The molecule has 1 amide bonds. The highest BCUT2D eigenvalue weighted by atomic mass is 32.2. The van der Waals surface area contributed by atoms with Crippen molar-refractivity contribution in [2.24, 2.45) is 5.92 Å². The molecule has 18 heavy (non-hydrogen) atoms. The molecule has 0 spiro atoms. The molecule has 0 radical (unpaired) electrons. The average Bonchev–Trinajstić information content (AvgIpc) is 2.41. The van der Waals surface area contributed by atoms with Crippen LogP contribution in [0.1, 0.15) is 12.8 Å². The Labute approximate surface area is 112 Å². The van der Waals surface area contributed by atoms with Crippen LogP contribution in [-0.4, -0.2) is 35.0 Å². The molecule has 1 aromatic carbocycles. The zero-order valence-corrected chi connectivity index (χ0v) is 11.2. The first-order chi connectivity index (χ1) is 8.81. The molecule has 3 saturated heterocycles. The number of thioether (sulfide) groups is 1. The summed E-state index contributed by atoms with van der Waals surface area (Å²) in [7, 11) is 0. The number of carbonyl (C=O) groups is 1. The van der Waals surface area contributed by atoms with E-state index in [0.29, 0.717) is 5.25 Å². The first-order valence-electron chi connectivity index (χ1n) is 6.56. The van der Waals surface area contributed by atoms with Crippen LogP contribution in [-0.2, 0) is 0 Å². The topological polar surface area (TPSA) is 32.3 Å². The number of hydrogen-bond donors (Lipinski definition) is 1. The van der Waals surface area contributed by atoms with Crippen molar-refractivity contribution >= 4 is 22.7 Å². The molecule has 0 aromatic heterocycles. The number of benzene rings is 1. The van der Waals surface area contributed by atoms with E-state index in [1.165, 1.54) is 37.7 Å². The smallest absolute Gasteiger partial charge is 0.283 e. The Hall–Kier alpha value is -1.00. The summed E-state index contributed by atoms with van der Waals surface area (Å²) in [5.41, 5.74) is 0.885. The molecule has 0 saturated carbocycles. The molecule has 4 heteroatoms. The molecule has 3 heterocycles. The molecule has 3 fully saturated rings. The highest BCUT2D eigenvalue weighted by molar-refractivity contribution is 8.14. The van der Waals surface area contributed by atoms with Crippen LogP contribution in [0.2, 0.25) is 0 Å². The van der Waals surface area contributed by atoms with Crippen molar-refractivity contribution in [1.82, 2.24) is 4.90 Å². The van der Waals surface area contributed by atoms with Crippen LogP contribution in [0, 0.1) is 5.92 Å². The zero-order valence-electron chi connectivity index (χ0n) is 10.3. The molecule has 1 unspecified atom stereocenters. The summed E-state index contributed by atoms with van der Waals surface area (Å²) < 4.78 is 0. The van der Waals surface area contributed by atoms with Crippen LogP contribution < -0.4 is 5.32 Å². The van der Waals surface area contributed by atoms with E-state index < -0.39 is 0 Å². The van der Waals surface area contributed by atoms with Crippen LogP contribution in [0.4, 0.5) is 10.5 Å². The molecular weight excluding hydrogens is 244 g/mol. The van der Waals surface area contributed by atoms with Crippen molar-refractivity contribution in [1.29, 1.82) is 0 Å². The Balaban J connectivity index is 1.55. The van der Waals surface area contributed by atoms with Crippen molar-refractivity contribution in [3.63, 3.8) is 0 Å². The van der Waals surface area contributed by atoms with E-state index >= 15 is 0 Å². The highest BCUT2D eigenvalue weighted by Crippen LogP contribution is 2.35. The summed E-state index contributed by atoms with van der Waals surface area (Å²) in [6.07, 6.45) is 2.52. The van der Waals surface area contributed by atoms with Gasteiger partial charge >= 0.3 is 0 Å². The Bertz CT molecular complexity index is 415. The second kappa shape index (κ2) is 5.33. The van der Waals surface area contributed by atoms with E-state index in [2.05, 4.69) is 10.2 Å². The third kappa shape index (κ3) is 2.70. The van der Waals surface area contributed by atoms with E-state index in [4.69, 9.17) is 0 Å². The number of hydrogen-bond acceptors (Lipinski definition) is 3. The molecule has 3 aliphatic heterocycles. The van der Waals surface area contributed by atoms with Crippen LogP contribution in [0.3, 0.4) is 0 Å². The third-order valence-corrected chi connectivity index (χ3v) is 5.03. The number of nitrogens with zero attached hydrogens (tertiary/aromatic N) is 1. The average molecular weight is 262 g/mol. The van der Waals surface area contributed by atoms with Gasteiger partial charge in [0.2, 0.25) is 0 Å². The quantitative estimate of drug-likeness (QED) is 0.889. The summed E-state index contributed by atoms with van der Waals surface area (Å²) in [5, 5.41) is 3.52.